The van der Waals surface area contributed by atoms with E-state index >= 15 is 0 Å². The molecule has 1 aliphatic heterocycles. The van der Waals surface area contributed by atoms with E-state index in [9.17, 15) is 13.2 Å². The fourth-order valence-corrected chi connectivity index (χ4v) is 4.05. The summed E-state index contributed by atoms with van der Waals surface area (Å²) < 4.78 is 23.1. The first-order valence-electron chi connectivity index (χ1n) is 6.62. The summed E-state index contributed by atoms with van der Waals surface area (Å²) in [5.41, 5.74) is 0.707. The number of rotatable bonds is 3. The molecule has 0 atom stereocenters. The van der Waals surface area contributed by atoms with Gasteiger partial charge in [-0.3, -0.25) is 4.79 Å². The van der Waals surface area contributed by atoms with Gasteiger partial charge < -0.3 is 10.2 Å². The normalized spacial score (nSPS) is 18.5. The summed E-state index contributed by atoms with van der Waals surface area (Å²) in [4.78, 5) is 14.2. The number of piperidine rings is 1. The van der Waals surface area contributed by atoms with Crippen molar-refractivity contribution in [3.05, 3.63) is 30.3 Å². The fraction of sp³-hybridized carbons (Fsp3) is 0.500. The Bertz CT molecular complexity index is 578. The lowest BCUT2D eigenvalue weighted by Crippen LogP contribution is -2.57. The van der Waals surface area contributed by atoms with Gasteiger partial charge in [-0.05, 0) is 38.1 Å². The van der Waals surface area contributed by atoms with Gasteiger partial charge in [-0.25, -0.2) is 8.42 Å². The van der Waals surface area contributed by atoms with Crippen LogP contribution in [0.5, 0.6) is 0 Å². The number of benzene rings is 1. The molecule has 0 unspecified atom stereocenters. The average molecular weight is 296 g/mol. The first-order chi connectivity index (χ1) is 9.38. The number of sulfone groups is 1. The Kier molecular flexibility index (Phi) is 4.15. The van der Waals surface area contributed by atoms with Gasteiger partial charge in [-0.15, -0.1) is 0 Å². The van der Waals surface area contributed by atoms with E-state index in [1.165, 1.54) is 4.90 Å². The van der Waals surface area contributed by atoms with E-state index in [1.54, 1.807) is 19.2 Å². The molecule has 1 fully saturated rings. The molecule has 1 aromatic carbocycles. The summed E-state index contributed by atoms with van der Waals surface area (Å²) in [7, 11) is -1.84. The summed E-state index contributed by atoms with van der Waals surface area (Å²) in [6.07, 6.45) is 1.80. The summed E-state index contributed by atoms with van der Waals surface area (Å²) in [6.45, 7) is 1.09. The lowest BCUT2D eigenvalue weighted by molar-refractivity contribution is -0.121. The van der Waals surface area contributed by atoms with Crippen molar-refractivity contribution in [1.29, 1.82) is 0 Å². The minimum atomic E-state index is -3.47. The molecule has 110 valence electrons. The van der Waals surface area contributed by atoms with Crippen LogP contribution in [0.1, 0.15) is 12.8 Å². The van der Waals surface area contributed by atoms with Crippen LogP contribution < -0.4 is 10.2 Å². The van der Waals surface area contributed by atoms with Gasteiger partial charge in [-0.2, -0.15) is 0 Å². The predicted octanol–water partition coefficient (Wildman–Crippen LogP) is 0.816. The number of carbonyl (C=O) groups is 1. The zero-order chi connectivity index (χ0) is 14.8. The van der Waals surface area contributed by atoms with Crippen molar-refractivity contribution < 1.29 is 13.2 Å². The lowest BCUT2D eigenvalue weighted by Gasteiger charge is -2.37. The average Bonchev–Trinajstić information content (AvgIpc) is 2.46. The van der Waals surface area contributed by atoms with Crippen LogP contribution in [-0.4, -0.2) is 45.5 Å². The molecule has 0 saturated carbocycles. The van der Waals surface area contributed by atoms with E-state index in [0.717, 1.165) is 6.26 Å². The lowest BCUT2D eigenvalue weighted by atomic mass is 9.95. The molecule has 0 radical (unpaired) electrons. The molecule has 0 bridgehead atoms. The van der Waals surface area contributed by atoms with Crippen molar-refractivity contribution in [2.45, 2.75) is 17.6 Å². The Morgan fingerprint density at radius 2 is 1.75 bits per heavy atom. The highest BCUT2D eigenvalue weighted by molar-refractivity contribution is 7.92. The molecule has 1 N–H and O–H groups in total. The largest absolute Gasteiger partial charge is 0.317 e. The molecule has 20 heavy (non-hydrogen) atoms. The molecule has 1 aromatic rings. The molecule has 1 heterocycles. The standard InChI is InChI=1S/C14H20N2O3S/c1-16(12-6-4-3-5-7-12)13(17)14(20(2,18)19)8-10-15-11-9-14/h3-7,15H,8-11H2,1-2H3. The van der Waals surface area contributed by atoms with Crippen molar-refractivity contribution in [1.82, 2.24) is 5.32 Å². The third-order valence-corrected chi connectivity index (χ3v) is 5.96. The quantitative estimate of drug-likeness (QED) is 0.896. The Balaban J connectivity index is 2.37. The number of anilines is 1. The Morgan fingerprint density at radius 1 is 1.20 bits per heavy atom. The van der Waals surface area contributed by atoms with Crippen LogP contribution in [0.2, 0.25) is 0 Å². The molecular formula is C14H20N2O3S. The topological polar surface area (TPSA) is 66.5 Å². The predicted molar refractivity (Wildman–Crippen MR) is 79.5 cm³/mol. The maximum atomic E-state index is 12.8. The SMILES string of the molecule is CN(C(=O)C1(S(C)(=O)=O)CCNCC1)c1ccccc1. The van der Waals surface area contributed by atoms with Crippen LogP contribution in [0.3, 0.4) is 0 Å². The Morgan fingerprint density at radius 3 is 2.25 bits per heavy atom. The molecule has 1 amide bonds. The molecule has 5 nitrogen and oxygen atoms in total. The van der Waals surface area contributed by atoms with E-state index < -0.39 is 14.6 Å². The maximum absolute atomic E-state index is 12.8. The van der Waals surface area contributed by atoms with Gasteiger partial charge in [0.25, 0.3) is 0 Å². The number of carbonyl (C=O) groups excluding carboxylic acids is 1. The second-order valence-electron chi connectivity index (χ2n) is 5.22. The van der Waals surface area contributed by atoms with Gasteiger partial charge in [0.2, 0.25) is 5.91 Å². The first-order valence-corrected chi connectivity index (χ1v) is 8.51. The van der Waals surface area contributed by atoms with E-state index in [0.29, 0.717) is 31.6 Å². The zero-order valence-corrected chi connectivity index (χ0v) is 12.6. The molecule has 6 heteroatoms. The number of para-hydroxylation sites is 1. The monoisotopic (exact) mass is 296 g/mol. The van der Waals surface area contributed by atoms with Crippen molar-refractivity contribution in [3.63, 3.8) is 0 Å². The molecule has 0 aromatic heterocycles. The first kappa shape index (κ1) is 15.0. The second kappa shape index (κ2) is 5.54. The Labute approximate surface area is 119 Å². The van der Waals surface area contributed by atoms with Gasteiger partial charge in [0, 0.05) is 19.0 Å². The molecular weight excluding hydrogens is 276 g/mol. The molecule has 2 rings (SSSR count). The van der Waals surface area contributed by atoms with Crippen LogP contribution in [0.25, 0.3) is 0 Å². The highest BCUT2D eigenvalue weighted by Crippen LogP contribution is 2.31. The highest BCUT2D eigenvalue weighted by atomic mass is 32.2. The van der Waals surface area contributed by atoms with Crippen LogP contribution in [-0.2, 0) is 14.6 Å². The highest BCUT2D eigenvalue weighted by Gasteiger charge is 2.50. The third kappa shape index (κ3) is 2.58. The minimum absolute atomic E-state index is 0.321. The van der Waals surface area contributed by atoms with Gasteiger partial charge in [0.05, 0.1) is 0 Å². The zero-order valence-electron chi connectivity index (χ0n) is 11.8. The van der Waals surface area contributed by atoms with Crippen LogP contribution in [0.4, 0.5) is 5.69 Å². The van der Waals surface area contributed by atoms with E-state index in [2.05, 4.69) is 5.32 Å². The van der Waals surface area contributed by atoms with E-state index in [4.69, 9.17) is 0 Å². The van der Waals surface area contributed by atoms with Gasteiger partial charge in [0.15, 0.2) is 14.6 Å². The van der Waals surface area contributed by atoms with Crippen molar-refractivity contribution >= 4 is 21.4 Å². The van der Waals surface area contributed by atoms with Gasteiger partial charge in [0.1, 0.15) is 0 Å². The van der Waals surface area contributed by atoms with Gasteiger partial charge >= 0.3 is 0 Å². The second-order valence-corrected chi connectivity index (χ2v) is 7.54. The van der Waals surface area contributed by atoms with E-state index in [1.807, 2.05) is 18.2 Å². The molecule has 0 aliphatic carbocycles. The Hall–Kier alpha value is -1.40. The molecule has 1 aliphatic rings. The maximum Gasteiger partial charge on any atom is 0.248 e. The molecule has 0 spiro atoms. The van der Waals surface area contributed by atoms with Crippen molar-refractivity contribution in [2.75, 3.05) is 31.3 Å². The van der Waals surface area contributed by atoms with Crippen molar-refractivity contribution in [2.24, 2.45) is 0 Å². The fourth-order valence-electron chi connectivity index (χ4n) is 2.65. The van der Waals surface area contributed by atoms with Crippen LogP contribution in [0, 0.1) is 0 Å². The molecule has 1 saturated heterocycles. The number of nitrogens with one attached hydrogen (secondary N) is 1. The summed E-state index contributed by atoms with van der Waals surface area (Å²) in [5.74, 6) is -0.340. The number of hydrogen-bond donors (Lipinski definition) is 1. The number of amides is 1. The smallest absolute Gasteiger partial charge is 0.248 e. The summed E-state index contributed by atoms with van der Waals surface area (Å²) >= 11 is 0. The summed E-state index contributed by atoms with van der Waals surface area (Å²) in [5, 5.41) is 3.11. The number of nitrogens with zero attached hydrogens (tertiary/aromatic N) is 1. The minimum Gasteiger partial charge on any atom is -0.317 e. The van der Waals surface area contributed by atoms with Crippen LogP contribution >= 0.6 is 0 Å². The van der Waals surface area contributed by atoms with Gasteiger partial charge in [-0.1, -0.05) is 18.2 Å². The van der Waals surface area contributed by atoms with E-state index in [-0.39, 0.29) is 5.91 Å². The number of hydrogen-bond acceptors (Lipinski definition) is 4. The third-order valence-electron chi connectivity index (χ3n) is 3.96. The van der Waals surface area contributed by atoms with Crippen LogP contribution in [0.15, 0.2) is 30.3 Å². The summed E-state index contributed by atoms with van der Waals surface area (Å²) in [6, 6.07) is 9.12. The van der Waals surface area contributed by atoms with Crippen molar-refractivity contribution in [3.8, 4) is 0 Å².